The number of nitrogens with zero attached hydrogens (tertiary/aromatic N) is 5. The maximum absolute atomic E-state index is 13.9. The topological polar surface area (TPSA) is 263 Å². The van der Waals surface area contributed by atoms with E-state index in [9.17, 15) is 33.9 Å². The molecule has 4 heterocycles. The Balaban J connectivity index is 0.681. The van der Waals surface area contributed by atoms with Crippen LogP contribution in [0.15, 0.2) is 77.4 Å². The first-order chi connectivity index (χ1) is 37.0. The fraction of sp³-hybridized carbons (Fsp3) is 0.491. The van der Waals surface area contributed by atoms with Gasteiger partial charge in [-0.1, -0.05) is 31.2 Å². The Hall–Kier alpha value is -6.72. The van der Waals surface area contributed by atoms with Gasteiger partial charge in [0.25, 0.3) is 17.7 Å². The molecule has 7 rings (SSSR count). The van der Waals surface area contributed by atoms with Gasteiger partial charge in [-0.15, -0.1) is 0 Å². The molecule has 1 aromatic heterocycles. The Labute approximate surface area is 442 Å². The molecule has 3 aromatic rings. The lowest BCUT2D eigenvalue weighted by molar-refractivity contribution is -0.137. The Morgan fingerprint density at radius 2 is 1.43 bits per heavy atom. The van der Waals surface area contributed by atoms with E-state index in [0.717, 1.165) is 39.3 Å². The minimum Gasteiger partial charge on any atom is -0.395 e. The molecule has 0 saturated heterocycles. The van der Waals surface area contributed by atoms with Gasteiger partial charge < -0.3 is 59.7 Å². The van der Waals surface area contributed by atoms with Crippen molar-refractivity contribution in [2.24, 2.45) is 10.7 Å². The van der Waals surface area contributed by atoms with E-state index in [2.05, 4.69) is 20.6 Å². The Bertz CT molecular complexity index is 2580. The van der Waals surface area contributed by atoms with Crippen LogP contribution in [0.5, 0.6) is 0 Å². The van der Waals surface area contributed by atoms with Gasteiger partial charge in [-0.3, -0.25) is 38.7 Å². The van der Waals surface area contributed by atoms with Crippen molar-refractivity contribution in [3.05, 3.63) is 106 Å². The summed E-state index contributed by atoms with van der Waals surface area (Å²) in [5.41, 5.74) is 11.7. The van der Waals surface area contributed by atoms with E-state index in [-0.39, 0.29) is 74.6 Å². The van der Waals surface area contributed by atoms with Gasteiger partial charge in [0, 0.05) is 80.1 Å². The van der Waals surface area contributed by atoms with Crippen LogP contribution in [0.4, 0.5) is 11.4 Å². The largest absolute Gasteiger partial charge is 0.395 e. The predicted octanol–water partition coefficient (Wildman–Crippen LogP) is 2.99. The van der Waals surface area contributed by atoms with Crippen LogP contribution < -0.4 is 16.4 Å². The number of imide groups is 1. The molecule has 1 aliphatic carbocycles. The number of aliphatic hydroxyl groups is 1. The number of aromatic nitrogens is 1. The smallest absolute Gasteiger partial charge is 0.253 e. The fourth-order valence-corrected chi connectivity index (χ4v) is 8.85. The molecule has 1 fully saturated rings. The molecule has 0 unspecified atom stereocenters. The number of amidine groups is 1. The van der Waals surface area contributed by atoms with Gasteiger partial charge in [0.05, 0.1) is 122 Å². The highest BCUT2D eigenvalue weighted by molar-refractivity contribution is 6.13. The SMILES string of the molecule is CCCN(CCO)C(=O)C1=Cc2ccc(C3(C(=O)Nc4cnc5c(c4)CN(C(=O)CCOCCOCCOCCOCCOCCOCCNC(=O)c4ccc(CN6C(=O)C=CC6=O)cc4)CC5)CC3)cc2N=C(N)C1. The number of ether oxygens (including phenoxy) is 6. The molecule has 21 heteroatoms. The summed E-state index contributed by atoms with van der Waals surface area (Å²) in [6.45, 7) is 8.50. The molecular formula is C55H70N8O13. The number of rotatable bonds is 32. The molecule has 0 bridgehead atoms. The Kier molecular flexibility index (Phi) is 21.7. The zero-order chi connectivity index (χ0) is 53.7. The van der Waals surface area contributed by atoms with Crippen LogP contribution in [-0.2, 0) is 77.3 Å². The van der Waals surface area contributed by atoms with E-state index < -0.39 is 5.41 Å². The molecule has 21 nitrogen and oxygen atoms in total. The van der Waals surface area contributed by atoms with Crippen LogP contribution in [-0.4, -0.2) is 178 Å². The van der Waals surface area contributed by atoms with Crippen molar-refractivity contribution in [2.75, 3.05) is 117 Å². The first kappa shape index (κ1) is 57.0. The molecule has 76 heavy (non-hydrogen) atoms. The molecule has 6 amide bonds. The molecule has 3 aliphatic heterocycles. The number of carbonyl (C=O) groups excluding carboxylic acids is 6. The maximum atomic E-state index is 13.9. The molecule has 0 atom stereocenters. The number of pyridine rings is 1. The lowest BCUT2D eigenvalue weighted by Gasteiger charge is -2.29. The van der Waals surface area contributed by atoms with Crippen molar-refractivity contribution in [3.63, 3.8) is 0 Å². The number of anilines is 1. The molecule has 4 aliphatic rings. The second-order valence-corrected chi connectivity index (χ2v) is 18.6. The van der Waals surface area contributed by atoms with Crippen molar-refractivity contribution in [1.82, 2.24) is 25.0 Å². The van der Waals surface area contributed by atoms with Crippen LogP contribution in [0.3, 0.4) is 0 Å². The number of hydrogen-bond donors (Lipinski definition) is 4. The summed E-state index contributed by atoms with van der Waals surface area (Å²) in [6, 6.07) is 14.3. The zero-order valence-corrected chi connectivity index (χ0v) is 43.3. The van der Waals surface area contributed by atoms with Gasteiger partial charge in [-0.2, -0.15) is 0 Å². The van der Waals surface area contributed by atoms with E-state index in [4.69, 9.17) is 34.2 Å². The molecule has 2 aromatic carbocycles. The van der Waals surface area contributed by atoms with E-state index >= 15 is 0 Å². The lowest BCUT2D eigenvalue weighted by atomic mass is 9.92. The molecule has 0 radical (unpaired) electrons. The second kappa shape index (κ2) is 29.0. The first-order valence-corrected chi connectivity index (χ1v) is 26.0. The standard InChI is InChI=1S/C55H70N8O13/c1-2-16-61(18-19-64)53(69)42-32-41-7-8-44(35-47(41)60-48(56)34-42)55(13-14-55)54(70)59-45-33-43-38-62(17-11-46(43)58-36-45)49(65)12-20-71-22-24-73-26-28-75-30-31-76-29-27-74-25-23-72-21-15-57-52(68)40-5-3-39(4-6-40)37-63-50(66)9-10-51(63)67/h3-10,32-33,35-36,64H,2,11-31,34,37-38H2,1H3,(H2,56,60)(H,57,68)(H,59,70). The van der Waals surface area contributed by atoms with Crippen molar-refractivity contribution in [1.29, 1.82) is 0 Å². The van der Waals surface area contributed by atoms with Gasteiger partial charge >= 0.3 is 0 Å². The quantitative estimate of drug-likeness (QED) is 0.0518. The molecule has 408 valence electrons. The highest BCUT2D eigenvalue weighted by Gasteiger charge is 2.51. The van der Waals surface area contributed by atoms with Gasteiger partial charge in [0.1, 0.15) is 5.84 Å². The number of carbonyl (C=O) groups is 6. The third kappa shape index (κ3) is 16.4. The van der Waals surface area contributed by atoms with E-state index in [1.807, 2.05) is 31.2 Å². The van der Waals surface area contributed by atoms with Crippen LogP contribution >= 0.6 is 0 Å². The Morgan fingerprint density at radius 3 is 2.05 bits per heavy atom. The summed E-state index contributed by atoms with van der Waals surface area (Å²) in [7, 11) is 0. The maximum Gasteiger partial charge on any atom is 0.253 e. The average Bonchev–Trinajstić information content (AvgIpc) is 4.21. The van der Waals surface area contributed by atoms with E-state index in [1.54, 1.807) is 46.3 Å². The van der Waals surface area contributed by atoms with Crippen molar-refractivity contribution in [2.45, 2.75) is 64.0 Å². The summed E-state index contributed by atoms with van der Waals surface area (Å²) in [6.07, 6.45) is 9.04. The molecular weight excluding hydrogens is 981 g/mol. The number of nitrogens with one attached hydrogen (secondary N) is 2. The molecule has 1 saturated carbocycles. The highest BCUT2D eigenvalue weighted by Crippen LogP contribution is 2.50. The number of aliphatic hydroxyl groups excluding tert-OH is 1. The van der Waals surface area contributed by atoms with Gasteiger partial charge in [0.15, 0.2) is 0 Å². The van der Waals surface area contributed by atoms with Gasteiger partial charge in [-0.25, -0.2) is 4.99 Å². The van der Waals surface area contributed by atoms with Crippen LogP contribution in [0.2, 0.25) is 0 Å². The number of amides is 6. The van der Waals surface area contributed by atoms with Crippen molar-refractivity contribution < 1.29 is 62.3 Å². The molecule has 5 N–H and O–H groups in total. The highest BCUT2D eigenvalue weighted by atomic mass is 16.6. The van der Waals surface area contributed by atoms with Gasteiger partial charge in [-0.05, 0) is 66.3 Å². The normalized spacial score (nSPS) is 15.4. The summed E-state index contributed by atoms with van der Waals surface area (Å²) in [5, 5.41) is 15.4. The number of aliphatic imine (C=N–C) groups is 1. The number of hydrogen-bond acceptors (Lipinski definition) is 16. The third-order valence-corrected chi connectivity index (χ3v) is 13.1. The number of nitrogens with two attached hydrogens (primary N) is 1. The monoisotopic (exact) mass is 1050 g/mol. The number of fused-ring (bicyclic) bond motifs is 2. The van der Waals surface area contributed by atoms with Crippen molar-refractivity contribution >= 4 is 58.7 Å². The van der Waals surface area contributed by atoms with E-state index in [0.29, 0.717) is 146 Å². The fourth-order valence-electron chi connectivity index (χ4n) is 8.85. The molecule has 0 spiro atoms. The second-order valence-electron chi connectivity index (χ2n) is 18.6. The Morgan fingerprint density at radius 1 is 0.803 bits per heavy atom. The number of benzene rings is 2. The minimum atomic E-state index is -0.743. The van der Waals surface area contributed by atoms with Crippen LogP contribution in [0, 0.1) is 0 Å². The predicted molar refractivity (Wildman–Crippen MR) is 280 cm³/mol. The minimum absolute atomic E-state index is 0.0267. The summed E-state index contributed by atoms with van der Waals surface area (Å²) < 4.78 is 33.4. The van der Waals surface area contributed by atoms with Gasteiger partial charge in [0.2, 0.25) is 17.7 Å². The zero-order valence-electron chi connectivity index (χ0n) is 43.3. The lowest BCUT2D eigenvalue weighted by Crippen LogP contribution is -2.37. The third-order valence-electron chi connectivity index (χ3n) is 13.1. The van der Waals surface area contributed by atoms with Crippen LogP contribution in [0.1, 0.15) is 77.3 Å². The summed E-state index contributed by atoms with van der Waals surface area (Å²) in [5.74, 6) is -1.02. The average molecular weight is 1050 g/mol. The summed E-state index contributed by atoms with van der Waals surface area (Å²) >= 11 is 0. The first-order valence-electron chi connectivity index (χ1n) is 26.0. The van der Waals surface area contributed by atoms with Crippen molar-refractivity contribution in [3.8, 4) is 0 Å². The summed E-state index contributed by atoms with van der Waals surface area (Å²) in [4.78, 5) is 90.1. The van der Waals surface area contributed by atoms with E-state index in [1.165, 1.54) is 12.2 Å². The van der Waals surface area contributed by atoms with Crippen LogP contribution in [0.25, 0.3) is 6.08 Å².